The second kappa shape index (κ2) is 6.91. The molecule has 0 saturated heterocycles. The molecule has 0 radical (unpaired) electrons. The molecule has 0 aliphatic rings. The summed E-state index contributed by atoms with van der Waals surface area (Å²) >= 11 is 0. The number of hydrogen-bond acceptors (Lipinski definition) is 6. The Morgan fingerprint density at radius 3 is 2.76 bits per heavy atom. The summed E-state index contributed by atoms with van der Waals surface area (Å²) in [6, 6.07) is 11.0. The maximum absolute atomic E-state index is 12.0. The molecule has 2 aromatic heterocycles. The Kier molecular flexibility index (Phi) is 4.50. The van der Waals surface area contributed by atoms with Gasteiger partial charge in [0.25, 0.3) is 5.91 Å². The minimum atomic E-state index is -0.583. The van der Waals surface area contributed by atoms with E-state index in [0.717, 1.165) is 10.2 Å². The molecule has 3 aromatic rings. The lowest BCUT2D eigenvalue weighted by Gasteiger charge is -2.01. The molecule has 0 fully saturated rings. The zero-order chi connectivity index (χ0) is 17.8. The molecule has 128 valence electrons. The fourth-order valence-electron chi connectivity index (χ4n) is 2.29. The fourth-order valence-corrected chi connectivity index (χ4v) is 2.29. The van der Waals surface area contributed by atoms with Crippen molar-refractivity contribution >= 4 is 17.7 Å². The van der Waals surface area contributed by atoms with E-state index in [2.05, 4.69) is 20.5 Å². The second-order valence-corrected chi connectivity index (χ2v) is 5.36. The van der Waals surface area contributed by atoms with Crippen molar-refractivity contribution < 1.29 is 9.72 Å². The third-order valence-corrected chi connectivity index (χ3v) is 3.34. The maximum Gasteiger partial charge on any atom is 0.345 e. The molecule has 10 nitrogen and oxygen atoms in total. The molecule has 0 saturated carbocycles. The highest BCUT2D eigenvalue weighted by Crippen LogP contribution is 2.13. The summed E-state index contributed by atoms with van der Waals surface area (Å²) in [5.41, 5.74) is 1.51. The Bertz CT molecular complexity index is 901. The lowest BCUT2D eigenvalue weighted by molar-refractivity contribution is -0.392. The highest BCUT2D eigenvalue weighted by Gasteiger charge is 2.20. The van der Waals surface area contributed by atoms with Crippen LogP contribution in [-0.4, -0.2) is 35.4 Å². The van der Waals surface area contributed by atoms with Crippen LogP contribution in [0.1, 0.15) is 11.3 Å². The predicted molar refractivity (Wildman–Crippen MR) is 87.8 cm³/mol. The van der Waals surface area contributed by atoms with Crippen molar-refractivity contribution in [1.29, 1.82) is 0 Å². The molecule has 0 unspecified atom stereocenters. The van der Waals surface area contributed by atoms with Gasteiger partial charge in [-0.15, -0.1) is 9.78 Å². The van der Waals surface area contributed by atoms with Crippen LogP contribution in [0, 0.1) is 17.0 Å². The minimum Gasteiger partial charge on any atom is -0.358 e. The average molecular weight is 341 g/mol. The Morgan fingerprint density at radius 2 is 2.04 bits per heavy atom. The number of carbonyl (C=O) groups excluding carboxylic acids is 1. The van der Waals surface area contributed by atoms with E-state index in [0.29, 0.717) is 12.2 Å². The standard InChI is InChI=1S/C15H15N7O3/c1-11-7-14(22(24)25)21(18-11)9-13(23)17-15-16-10-20(19-15)8-12-5-3-2-4-6-12/h2-7,10H,8-9H2,1H3,(H,17,19,23). The van der Waals surface area contributed by atoms with Crippen LogP contribution in [0.2, 0.25) is 0 Å². The first-order valence-electron chi connectivity index (χ1n) is 7.43. The van der Waals surface area contributed by atoms with Gasteiger partial charge in [0.1, 0.15) is 6.33 Å². The van der Waals surface area contributed by atoms with Gasteiger partial charge in [0.05, 0.1) is 18.3 Å². The Morgan fingerprint density at radius 1 is 1.28 bits per heavy atom. The van der Waals surface area contributed by atoms with Gasteiger partial charge in [0.15, 0.2) is 6.54 Å². The lowest BCUT2D eigenvalue weighted by atomic mass is 10.2. The van der Waals surface area contributed by atoms with Gasteiger partial charge in [-0.3, -0.25) is 10.1 Å². The van der Waals surface area contributed by atoms with Gasteiger partial charge in [-0.05, 0) is 17.4 Å². The molecule has 0 atom stereocenters. The highest BCUT2D eigenvalue weighted by molar-refractivity contribution is 5.88. The number of rotatable bonds is 6. The first-order chi connectivity index (χ1) is 12.0. The normalized spacial score (nSPS) is 10.6. The van der Waals surface area contributed by atoms with Crippen molar-refractivity contribution in [3.05, 3.63) is 64.1 Å². The molecule has 3 rings (SSSR count). The van der Waals surface area contributed by atoms with E-state index in [1.54, 1.807) is 11.6 Å². The van der Waals surface area contributed by atoms with Crippen molar-refractivity contribution in [3.63, 3.8) is 0 Å². The number of nitrogens with zero attached hydrogens (tertiary/aromatic N) is 6. The first-order valence-corrected chi connectivity index (χ1v) is 7.43. The van der Waals surface area contributed by atoms with Crippen molar-refractivity contribution in [3.8, 4) is 0 Å². The monoisotopic (exact) mass is 341 g/mol. The number of benzene rings is 1. The van der Waals surface area contributed by atoms with E-state index >= 15 is 0 Å². The number of nitro groups is 1. The zero-order valence-electron chi connectivity index (χ0n) is 13.4. The number of anilines is 1. The van der Waals surface area contributed by atoms with Crippen LogP contribution in [0.4, 0.5) is 11.8 Å². The molecule has 25 heavy (non-hydrogen) atoms. The van der Waals surface area contributed by atoms with Gasteiger partial charge < -0.3 is 10.1 Å². The van der Waals surface area contributed by atoms with Gasteiger partial charge in [-0.2, -0.15) is 0 Å². The Hall–Kier alpha value is -3.56. The van der Waals surface area contributed by atoms with Crippen LogP contribution >= 0.6 is 0 Å². The Balaban J connectivity index is 1.63. The van der Waals surface area contributed by atoms with Crippen molar-refractivity contribution in [2.45, 2.75) is 20.0 Å². The summed E-state index contributed by atoms with van der Waals surface area (Å²) in [4.78, 5) is 26.4. The molecule has 0 spiro atoms. The number of amides is 1. The third-order valence-electron chi connectivity index (χ3n) is 3.34. The average Bonchev–Trinajstić information content (AvgIpc) is 3.14. The fraction of sp³-hybridized carbons (Fsp3) is 0.200. The zero-order valence-corrected chi connectivity index (χ0v) is 13.4. The van der Waals surface area contributed by atoms with E-state index in [1.165, 1.54) is 12.4 Å². The van der Waals surface area contributed by atoms with Crippen LogP contribution < -0.4 is 5.32 Å². The van der Waals surface area contributed by atoms with Crippen molar-refractivity contribution in [1.82, 2.24) is 24.5 Å². The molecular weight excluding hydrogens is 326 g/mol. The molecule has 0 aliphatic carbocycles. The SMILES string of the molecule is Cc1cc([N+](=O)[O-])n(CC(=O)Nc2ncn(Cc3ccccc3)n2)n1. The van der Waals surface area contributed by atoms with E-state index in [9.17, 15) is 14.9 Å². The molecule has 2 heterocycles. The molecule has 1 aromatic carbocycles. The van der Waals surface area contributed by atoms with Crippen LogP contribution in [0.25, 0.3) is 0 Å². The Labute approximate surface area is 142 Å². The van der Waals surface area contributed by atoms with E-state index in [-0.39, 0.29) is 18.3 Å². The molecule has 1 N–H and O–H groups in total. The van der Waals surface area contributed by atoms with Crippen molar-refractivity contribution in [2.24, 2.45) is 0 Å². The largest absolute Gasteiger partial charge is 0.358 e. The quantitative estimate of drug-likeness (QED) is 0.534. The molecule has 0 bridgehead atoms. The number of hydrogen-bond donors (Lipinski definition) is 1. The van der Waals surface area contributed by atoms with Crippen LogP contribution in [0.5, 0.6) is 0 Å². The molecule has 1 amide bonds. The third kappa shape index (κ3) is 4.05. The second-order valence-electron chi connectivity index (χ2n) is 5.36. The predicted octanol–water partition coefficient (Wildman–Crippen LogP) is 1.38. The van der Waals surface area contributed by atoms with Gasteiger partial charge in [0.2, 0.25) is 5.95 Å². The number of aryl methyl sites for hydroxylation is 1. The van der Waals surface area contributed by atoms with Gasteiger partial charge >= 0.3 is 5.82 Å². The summed E-state index contributed by atoms with van der Waals surface area (Å²) in [5.74, 6) is -0.605. The summed E-state index contributed by atoms with van der Waals surface area (Å²) < 4.78 is 2.62. The molecule has 0 aliphatic heterocycles. The molecular formula is C15H15N7O3. The highest BCUT2D eigenvalue weighted by atomic mass is 16.6. The van der Waals surface area contributed by atoms with Gasteiger partial charge in [0, 0.05) is 0 Å². The van der Waals surface area contributed by atoms with Crippen LogP contribution in [-0.2, 0) is 17.9 Å². The van der Waals surface area contributed by atoms with Crippen LogP contribution in [0.15, 0.2) is 42.7 Å². The lowest BCUT2D eigenvalue weighted by Crippen LogP contribution is -2.21. The number of carbonyl (C=O) groups is 1. The summed E-state index contributed by atoms with van der Waals surface area (Å²) in [7, 11) is 0. The molecule has 10 heteroatoms. The summed E-state index contributed by atoms with van der Waals surface area (Å²) in [5, 5.41) is 21.5. The topological polar surface area (TPSA) is 121 Å². The smallest absolute Gasteiger partial charge is 0.345 e. The van der Waals surface area contributed by atoms with Crippen molar-refractivity contribution in [2.75, 3.05) is 5.32 Å². The summed E-state index contributed by atoms with van der Waals surface area (Å²) in [6.45, 7) is 1.85. The number of nitrogens with one attached hydrogen (secondary N) is 1. The number of aromatic nitrogens is 5. The minimum absolute atomic E-state index is 0.132. The van der Waals surface area contributed by atoms with E-state index in [1.807, 2.05) is 30.3 Å². The van der Waals surface area contributed by atoms with Gasteiger partial charge in [-0.25, -0.2) is 9.67 Å². The maximum atomic E-state index is 12.0. The van der Waals surface area contributed by atoms with Gasteiger partial charge in [-0.1, -0.05) is 35.4 Å². The first kappa shape index (κ1) is 16.3. The van der Waals surface area contributed by atoms with E-state index in [4.69, 9.17) is 0 Å². The van der Waals surface area contributed by atoms with Crippen LogP contribution in [0.3, 0.4) is 0 Å². The summed E-state index contributed by atoms with van der Waals surface area (Å²) in [6.07, 6.45) is 1.50. The van der Waals surface area contributed by atoms with E-state index < -0.39 is 10.8 Å².